The molecule has 1 atom stereocenters. The normalized spacial score (nSPS) is 12.3. The second kappa shape index (κ2) is 6.12. The van der Waals surface area contributed by atoms with Crippen molar-refractivity contribution in [3.63, 3.8) is 0 Å². The van der Waals surface area contributed by atoms with Gasteiger partial charge in [-0.3, -0.25) is 4.98 Å². The van der Waals surface area contributed by atoms with Crippen LogP contribution in [-0.4, -0.2) is 16.6 Å². The Hall–Kier alpha value is -1.94. The number of ether oxygens (including phenoxy) is 1. The van der Waals surface area contributed by atoms with E-state index in [1.165, 1.54) is 5.56 Å². The summed E-state index contributed by atoms with van der Waals surface area (Å²) in [6.07, 6.45) is 3.27. The molecule has 1 aromatic carbocycles. The van der Waals surface area contributed by atoms with E-state index in [0.29, 0.717) is 19.0 Å². The number of nitrogens with zero attached hydrogens (tertiary/aromatic N) is 2. The first kappa shape index (κ1) is 12.5. The first-order valence-corrected chi connectivity index (χ1v) is 5.95. The zero-order chi connectivity index (χ0) is 12.8. The van der Waals surface area contributed by atoms with Crippen molar-refractivity contribution in [3.05, 3.63) is 54.0 Å². The van der Waals surface area contributed by atoms with Crippen molar-refractivity contribution in [2.75, 3.05) is 12.3 Å². The third kappa shape index (κ3) is 3.53. The monoisotopic (exact) mass is 243 g/mol. The summed E-state index contributed by atoms with van der Waals surface area (Å²) in [5, 5.41) is 0. The van der Waals surface area contributed by atoms with Gasteiger partial charge in [0, 0.05) is 5.92 Å². The molecule has 0 aliphatic rings. The number of nitrogen functional groups attached to an aromatic ring is 1. The van der Waals surface area contributed by atoms with Gasteiger partial charge in [-0.15, -0.1) is 0 Å². The lowest BCUT2D eigenvalue weighted by atomic mass is 10.1. The quantitative estimate of drug-likeness (QED) is 0.875. The molecule has 0 bridgehead atoms. The van der Waals surface area contributed by atoms with Crippen molar-refractivity contribution < 1.29 is 4.74 Å². The van der Waals surface area contributed by atoms with Gasteiger partial charge in [-0.05, 0) is 5.56 Å². The van der Waals surface area contributed by atoms with Crippen LogP contribution in [-0.2, 0) is 11.3 Å². The predicted molar refractivity (Wildman–Crippen MR) is 71.0 cm³/mol. The highest BCUT2D eigenvalue weighted by Crippen LogP contribution is 2.13. The van der Waals surface area contributed by atoms with Gasteiger partial charge in [0.05, 0.1) is 31.3 Å². The van der Waals surface area contributed by atoms with E-state index in [4.69, 9.17) is 10.5 Å². The van der Waals surface area contributed by atoms with Crippen LogP contribution >= 0.6 is 0 Å². The highest BCUT2D eigenvalue weighted by Gasteiger charge is 2.07. The standard InChI is InChI=1S/C14H17N3O/c1-11(13-7-17-14(15)8-16-13)9-18-10-12-5-3-2-4-6-12/h2-8,11H,9-10H2,1H3,(H2,15,17)/t11-/m1/s1. The summed E-state index contributed by atoms with van der Waals surface area (Å²) in [4.78, 5) is 8.26. The molecule has 0 amide bonds. The molecule has 0 radical (unpaired) electrons. The molecule has 4 heteroatoms. The number of benzene rings is 1. The van der Waals surface area contributed by atoms with E-state index >= 15 is 0 Å². The molecule has 18 heavy (non-hydrogen) atoms. The Morgan fingerprint density at radius 3 is 2.61 bits per heavy atom. The van der Waals surface area contributed by atoms with Crippen LogP contribution in [0.5, 0.6) is 0 Å². The van der Waals surface area contributed by atoms with Crippen LogP contribution in [0.1, 0.15) is 24.1 Å². The van der Waals surface area contributed by atoms with Crippen molar-refractivity contribution in [2.24, 2.45) is 0 Å². The van der Waals surface area contributed by atoms with E-state index in [0.717, 1.165) is 5.69 Å². The molecule has 2 N–H and O–H groups in total. The van der Waals surface area contributed by atoms with Crippen molar-refractivity contribution >= 4 is 5.82 Å². The molecule has 1 aromatic heterocycles. The Balaban J connectivity index is 1.81. The number of nitrogens with two attached hydrogens (primary N) is 1. The van der Waals surface area contributed by atoms with E-state index < -0.39 is 0 Å². The summed E-state index contributed by atoms with van der Waals surface area (Å²) in [5.74, 6) is 0.651. The van der Waals surface area contributed by atoms with Crippen molar-refractivity contribution in [1.82, 2.24) is 9.97 Å². The van der Waals surface area contributed by atoms with Gasteiger partial charge >= 0.3 is 0 Å². The summed E-state index contributed by atoms with van der Waals surface area (Å²) in [5.41, 5.74) is 7.57. The third-order valence-electron chi connectivity index (χ3n) is 2.68. The first-order valence-electron chi connectivity index (χ1n) is 5.95. The largest absolute Gasteiger partial charge is 0.382 e. The fourth-order valence-electron chi connectivity index (χ4n) is 1.62. The summed E-state index contributed by atoms with van der Waals surface area (Å²) in [6.45, 7) is 3.30. The maximum Gasteiger partial charge on any atom is 0.141 e. The van der Waals surface area contributed by atoms with Crippen molar-refractivity contribution in [2.45, 2.75) is 19.4 Å². The predicted octanol–water partition coefficient (Wildman–Crippen LogP) is 2.38. The van der Waals surface area contributed by atoms with Crippen LogP contribution in [0, 0.1) is 0 Å². The summed E-state index contributed by atoms with van der Waals surface area (Å²) >= 11 is 0. The smallest absolute Gasteiger partial charge is 0.141 e. The topological polar surface area (TPSA) is 61.0 Å². The van der Waals surface area contributed by atoms with Crippen LogP contribution in [0.4, 0.5) is 5.82 Å². The van der Waals surface area contributed by atoms with E-state index in [1.807, 2.05) is 30.3 Å². The highest BCUT2D eigenvalue weighted by molar-refractivity contribution is 5.23. The minimum atomic E-state index is 0.210. The second-order valence-electron chi connectivity index (χ2n) is 4.27. The number of rotatable bonds is 5. The van der Waals surface area contributed by atoms with E-state index in [9.17, 15) is 0 Å². The van der Waals surface area contributed by atoms with Crippen LogP contribution in [0.15, 0.2) is 42.7 Å². The molecule has 0 unspecified atom stereocenters. The zero-order valence-corrected chi connectivity index (χ0v) is 10.4. The van der Waals surface area contributed by atoms with Gasteiger partial charge in [-0.25, -0.2) is 4.98 Å². The Labute approximate surface area is 107 Å². The lowest BCUT2D eigenvalue weighted by molar-refractivity contribution is 0.109. The zero-order valence-electron chi connectivity index (χ0n) is 10.4. The molecule has 94 valence electrons. The second-order valence-corrected chi connectivity index (χ2v) is 4.27. The molecule has 0 saturated heterocycles. The molecule has 0 fully saturated rings. The Morgan fingerprint density at radius 1 is 1.17 bits per heavy atom. The molecule has 2 rings (SSSR count). The minimum Gasteiger partial charge on any atom is -0.382 e. The SMILES string of the molecule is C[C@H](COCc1ccccc1)c1cnc(N)cn1. The Morgan fingerprint density at radius 2 is 1.94 bits per heavy atom. The molecule has 0 saturated carbocycles. The van der Waals surface area contributed by atoms with Gasteiger partial charge in [0.25, 0.3) is 0 Å². The molecule has 2 aromatic rings. The van der Waals surface area contributed by atoms with E-state index in [2.05, 4.69) is 16.9 Å². The van der Waals surface area contributed by atoms with Gasteiger partial charge in [-0.2, -0.15) is 0 Å². The lowest BCUT2D eigenvalue weighted by Crippen LogP contribution is -2.07. The van der Waals surface area contributed by atoms with Gasteiger partial charge < -0.3 is 10.5 Å². The molecule has 0 aliphatic heterocycles. The maximum atomic E-state index is 5.67. The van der Waals surface area contributed by atoms with E-state index in [1.54, 1.807) is 12.4 Å². The molecule has 0 aliphatic carbocycles. The van der Waals surface area contributed by atoms with Gasteiger partial charge in [0.2, 0.25) is 0 Å². The fourth-order valence-corrected chi connectivity index (χ4v) is 1.62. The molecule has 0 spiro atoms. The molecule has 1 heterocycles. The summed E-state index contributed by atoms with van der Waals surface area (Å²) in [6, 6.07) is 10.1. The highest BCUT2D eigenvalue weighted by atomic mass is 16.5. The average Bonchev–Trinajstić information content (AvgIpc) is 2.40. The fraction of sp³-hybridized carbons (Fsp3) is 0.286. The third-order valence-corrected chi connectivity index (χ3v) is 2.68. The van der Waals surface area contributed by atoms with Crippen LogP contribution in [0.2, 0.25) is 0 Å². The van der Waals surface area contributed by atoms with Crippen LogP contribution < -0.4 is 5.73 Å². The average molecular weight is 243 g/mol. The van der Waals surface area contributed by atoms with Gasteiger partial charge in [0.15, 0.2) is 0 Å². The number of hydrogen-bond acceptors (Lipinski definition) is 4. The number of aromatic nitrogens is 2. The number of hydrogen-bond donors (Lipinski definition) is 1. The number of anilines is 1. The van der Waals surface area contributed by atoms with Crippen LogP contribution in [0.3, 0.4) is 0 Å². The molecule has 4 nitrogen and oxygen atoms in total. The van der Waals surface area contributed by atoms with Crippen molar-refractivity contribution in [1.29, 1.82) is 0 Å². The minimum absolute atomic E-state index is 0.210. The Bertz CT molecular complexity index is 470. The Kier molecular flexibility index (Phi) is 4.25. The lowest BCUT2D eigenvalue weighted by Gasteiger charge is -2.11. The van der Waals surface area contributed by atoms with Gasteiger partial charge in [0.1, 0.15) is 5.82 Å². The molecular weight excluding hydrogens is 226 g/mol. The maximum absolute atomic E-state index is 5.67. The van der Waals surface area contributed by atoms with E-state index in [-0.39, 0.29) is 5.92 Å². The first-order chi connectivity index (χ1) is 8.75. The van der Waals surface area contributed by atoms with Crippen molar-refractivity contribution in [3.8, 4) is 0 Å². The van der Waals surface area contributed by atoms with Crippen LogP contribution in [0.25, 0.3) is 0 Å². The summed E-state index contributed by atoms with van der Waals surface area (Å²) in [7, 11) is 0. The molecular formula is C14H17N3O. The summed E-state index contributed by atoms with van der Waals surface area (Å²) < 4.78 is 5.67. The van der Waals surface area contributed by atoms with Gasteiger partial charge in [-0.1, -0.05) is 37.3 Å².